The molecule has 0 saturated carbocycles. The van der Waals surface area contributed by atoms with Crippen molar-refractivity contribution in [3.63, 3.8) is 0 Å². The number of hydrogen-bond donors (Lipinski definition) is 7. The summed E-state index contributed by atoms with van der Waals surface area (Å²) in [4.78, 5) is 120. The van der Waals surface area contributed by atoms with Gasteiger partial charge in [-0.2, -0.15) is 0 Å². The molecule has 8 atom stereocenters. The van der Waals surface area contributed by atoms with Gasteiger partial charge in [0.05, 0.1) is 37.4 Å². The van der Waals surface area contributed by atoms with E-state index in [9.17, 15) is 24.0 Å². The third-order valence-corrected chi connectivity index (χ3v) is 16.1. The smallest absolute Gasteiger partial charge is 0.262 e. The van der Waals surface area contributed by atoms with E-state index in [4.69, 9.17) is 15.2 Å². The number of nitrogens with two attached hydrogens (primary N) is 1. The highest BCUT2D eigenvalue weighted by Gasteiger charge is 2.45. The first-order valence-corrected chi connectivity index (χ1v) is 29.0. The minimum absolute atomic E-state index is 0.0703. The molecule has 2 heterocycles. The number of carbonyl (C=O) groups is 8. The van der Waals surface area contributed by atoms with E-state index in [2.05, 4.69) is 31.9 Å². The van der Waals surface area contributed by atoms with E-state index in [1.54, 1.807) is 66.4 Å². The van der Waals surface area contributed by atoms with Crippen LogP contribution in [0.3, 0.4) is 0 Å². The summed E-state index contributed by atoms with van der Waals surface area (Å²) in [6.07, 6.45) is 0.141. The SMILES string of the molecule is CN[C@@H](C)C(=O)N[C@H](C(=O)N1Cc2cc(N(C(=O)c3ccc(C(N)=O)cc3)c3ccc4c(c3)CN(C(=O)[C@@H](NC(=O)[C@H](C)NC)C(C)(C)C)[C@H](C(=O)N[C@@H](COC)c3ccccc3)C4)ccc2C[C@H]1C(=O)N[C@@H](COC)c1ccccc1)C(C)(C)C. The molecule has 8 N–H and O–H groups in total. The summed E-state index contributed by atoms with van der Waals surface area (Å²) in [5, 5.41) is 18.1. The van der Waals surface area contributed by atoms with Crippen molar-refractivity contribution in [2.24, 2.45) is 16.6 Å². The molecule has 2 aliphatic rings. The van der Waals surface area contributed by atoms with Crippen molar-refractivity contribution < 1.29 is 47.8 Å². The van der Waals surface area contributed by atoms with Crippen molar-refractivity contribution >= 4 is 58.6 Å². The molecule has 20 nitrogen and oxygen atoms in total. The maximum atomic E-state index is 15.4. The molecule has 0 unspecified atom stereocenters. The summed E-state index contributed by atoms with van der Waals surface area (Å²) in [7, 11) is 6.38. The summed E-state index contributed by atoms with van der Waals surface area (Å²) in [5.41, 5.74) is 9.41. The molecule has 0 aliphatic carbocycles. The molecule has 5 aromatic carbocycles. The topological polar surface area (TPSA) is 263 Å². The van der Waals surface area contributed by atoms with Crippen LogP contribution in [0.2, 0.25) is 0 Å². The normalized spacial score (nSPS) is 17.0. The van der Waals surface area contributed by atoms with E-state index >= 15 is 14.4 Å². The standard InChI is InChI=1S/C66H84N10O10/c1-39(68-9)58(78)72-55(65(3,4)5)63(83)74-35-47-31-49(29-27-45(47)33-53(74)60(80)70-51(37-85-11)41-19-15-13-16-20-41)76(62(82)44-25-23-43(24-26-44)57(67)77)50-30-28-46-34-54(61(81)71-52(38-86-12)42-21-17-14-18-22-42)75(36-48(46)32-50)64(84)56(66(6,7)8)73-59(79)40(2)69-10/h13-32,39-40,51-56,68-69H,33-38H2,1-12H3,(H2,67,77)(H,70,80)(H,71,81)(H,72,78)(H,73,79)/t39-,40-,51-,52-,53-,54-,55+,56+/m0/s1. The number of primary amides is 1. The second-order valence-electron chi connectivity index (χ2n) is 24.4. The zero-order valence-electron chi connectivity index (χ0n) is 51.4. The Morgan fingerprint density at radius 1 is 0.535 bits per heavy atom. The summed E-state index contributed by atoms with van der Waals surface area (Å²) in [5.74, 6) is -3.85. The molecule has 0 bridgehead atoms. The van der Waals surface area contributed by atoms with Gasteiger partial charge in [0, 0.05) is 62.7 Å². The first kappa shape index (κ1) is 65.2. The van der Waals surface area contributed by atoms with Crippen LogP contribution in [-0.2, 0) is 64.2 Å². The number of hydrogen-bond acceptors (Lipinski definition) is 12. The predicted octanol–water partition coefficient (Wildman–Crippen LogP) is 5.56. The zero-order valence-corrected chi connectivity index (χ0v) is 51.4. The third-order valence-electron chi connectivity index (χ3n) is 16.1. The van der Waals surface area contributed by atoms with Gasteiger partial charge < -0.3 is 56.9 Å². The number of rotatable bonds is 22. The first-order valence-electron chi connectivity index (χ1n) is 29.0. The number of likely N-dealkylation sites (N-methyl/N-ethyl adjacent to an activating group) is 2. The van der Waals surface area contributed by atoms with E-state index in [-0.39, 0.29) is 50.3 Å². The van der Waals surface area contributed by atoms with Gasteiger partial charge in [0.2, 0.25) is 41.4 Å². The Morgan fingerprint density at radius 3 is 1.24 bits per heavy atom. The van der Waals surface area contributed by atoms with Crippen LogP contribution in [0.1, 0.15) is 122 Å². The average molecular weight is 1180 g/mol. The molecule has 2 aliphatic heterocycles. The minimum atomic E-state index is -1.08. The van der Waals surface area contributed by atoms with Gasteiger partial charge in [0.15, 0.2) is 0 Å². The van der Waals surface area contributed by atoms with Crippen molar-refractivity contribution in [2.45, 2.75) is 130 Å². The van der Waals surface area contributed by atoms with Gasteiger partial charge >= 0.3 is 0 Å². The number of benzene rings is 5. The summed E-state index contributed by atoms with van der Waals surface area (Å²) < 4.78 is 11.1. The quantitative estimate of drug-likeness (QED) is 0.0450. The van der Waals surface area contributed by atoms with Gasteiger partial charge in [-0.25, -0.2) is 0 Å². The number of fused-ring (bicyclic) bond motifs is 2. The van der Waals surface area contributed by atoms with Gasteiger partial charge in [0.1, 0.15) is 24.2 Å². The van der Waals surface area contributed by atoms with Gasteiger partial charge in [-0.1, -0.05) is 114 Å². The van der Waals surface area contributed by atoms with Crippen LogP contribution < -0.4 is 42.5 Å². The predicted molar refractivity (Wildman–Crippen MR) is 329 cm³/mol. The zero-order chi connectivity index (χ0) is 62.8. The number of carbonyl (C=O) groups excluding carboxylic acids is 8. The Balaban J connectivity index is 1.35. The largest absolute Gasteiger partial charge is 0.382 e. The monoisotopic (exact) mass is 1180 g/mol. The maximum Gasteiger partial charge on any atom is 0.262 e. The van der Waals surface area contributed by atoms with Crippen LogP contribution in [0.15, 0.2) is 121 Å². The molecule has 7 rings (SSSR count). The minimum Gasteiger partial charge on any atom is -0.382 e. The molecule has 458 valence electrons. The lowest BCUT2D eigenvalue weighted by Gasteiger charge is -2.42. The lowest BCUT2D eigenvalue weighted by atomic mass is 9.83. The van der Waals surface area contributed by atoms with Gasteiger partial charge in [-0.3, -0.25) is 43.3 Å². The number of anilines is 2. The molecule has 86 heavy (non-hydrogen) atoms. The Bertz CT molecular complexity index is 3070. The summed E-state index contributed by atoms with van der Waals surface area (Å²) in [6, 6.07) is 28.8. The average Bonchev–Trinajstić information content (AvgIpc) is 0.909. The van der Waals surface area contributed by atoms with Crippen LogP contribution in [0.5, 0.6) is 0 Å². The van der Waals surface area contributed by atoms with Gasteiger partial charge in [0.25, 0.3) is 5.91 Å². The molecule has 0 spiro atoms. The van der Waals surface area contributed by atoms with E-state index in [0.717, 1.165) is 22.3 Å². The fourth-order valence-electron chi connectivity index (χ4n) is 10.7. The highest BCUT2D eigenvalue weighted by atomic mass is 16.5. The number of nitrogens with one attached hydrogen (secondary N) is 6. The molecule has 0 aromatic heterocycles. The molecule has 20 heteroatoms. The van der Waals surface area contributed by atoms with E-state index in [0.29, 0.717) is 22.5 Å². The first-order chi connectivity index (χ1) is 40.8. The lowest BCUT2D eigenvalue weighted by molar-refractivity contribution is -0.147. The van der Waals surface area contributed by atoms with Crippen LogP contribution in [0.25, 0.3) is 0 Å². The van der Waals surface area contributed by atoms with Gasteiger partial charge in [-0.15, -0.1) is 0 Å². The fourth-order valence-corrected chi connectivity index (χ4v) is 10.7. The molecule has 0 fully saturated rings. The van der Waals surface area contributed by atoms with E-state index in [1.807, 2.05) is 114 Å². The van der Waals surface area contributed by atoms with Crippen LogP contribution in [0.4, 0.5) is 11.4 Å². The van der Waals surface area contributed by atoms with Crippen LogP contribution >= 0.6 is 0 Å². The van der Waals surface area contributed by atoms with E-state index in [1.165, 1.54) is 39.0 Å². The summed E-state index contributed by atoms with van der Waals surface area (Å²) in [6.45, 7) is 14.5. The third kappa shape index (κ3) is 15.4. The number of methoxy groups -OCH3 is 2. The molecular weight excluding hydrogens is 1090 g/mol. The van der Waals surface area contributed by atoms with Crippen molar-refractivity contribution in [3.8, 4) is 0 Å². The Kier molecular flexibility index (Phi) is 21.4. The number of nitrogens with zero attached hydrogens (tertiary/aromatic N) is 3. The summed E-state index contributed by atoms with van der Waals surface area (Å²) >= 11 is 0. The van der Waals surface area contributed by atoms with Crippen molar-refractivity contribution in [1.29, 1.82) is 0 Å². The van der Waals surface area contributed by atoms with Crippen LogP contribution in [0, 0.1) is 10.8 Å². The maximum absolute atomic E-state index is 15.4. The molecule has 8 amide bonds. The Labute approximate surface area is 504 Å². The van der Waals surface area contributed by atoms with Gasteiger partial charge in [-0.05, 0) is 121 Å². The Hall–Kier alpha value is -8.30. The molecule has 0 saturated heterocycles. The van der Waals surface area contributed by atoms with Crippen molar-refractivity contribution in [3.05, 3.63) is 166 Å². The van der Waals surface area contributed by atoms with E-state index < -0.39 is 106 Å². The highest BCUT2D eigenvalue weighted by molar-refractivity contribution is 6.11. The molecular formula is C66H84N10O10. The second-order valence-corrected chi connectivity index (χ2v) is 24.4. The lowest BCUT2D eigenvalue weighted by Crippen LogP contribution is -2.62. The Morgan fingerprint density at radius 2 is 0.907 bits per heavy atom. The fraction of sp³-hybridized carbons (Fsp3) is 0.424. The highest BCUT2D eigenvalue weighted by Crippen LogP contribution is 2.38. The second kappa shape index (κ2) is 28.3. The molecule has 0 radical (unpaired) electrons. The number of amides is 8. The number of ether oxygens (including phenoxy) is 2. The van der Waals surface area contributed by atoms with Crippen LogP contribution in [-0.4, -0.2) is 135 Å². The van der Waals surface area contributed by atoms with Crippen molar-refractivity contribution in [2.75, 3.05) is 46.4 Å². The van der Waals surface area contributed by atoms with Crippen molar-refractivity contribution in [1.82, 2.24) is 41.7 Å². The molecule has 5 aromatic rings.